The molecule has 1 aromatic carbocycles. The molecule has 1 heterocycles. The third-order valence-corrected chi connectivity index (χ3v) is 3.14. The molecule has 1 N–H and O–H groups in total. The van der Waals surface area contributed by atoms with Gasteiger partial charge in [0.2, 0.25) is 5.91 Å². The van der Waals surface area contributed by atoms with Gasteiger partial charge in [-0.25, -0.2) is 4.98 Å². The van der Waals surface area contributed by atoms with Crippen LogP contribution >= 0.6 is 0 Å². The summed E-state index contributed by atoms with van der Waals surface area (Å²) >= 11 is 0. The molecule has 5 nitrogen and oxygen atoms in total. The Morgan fingerprint density at radius 1 is 1.17 bits per heavy atom. The van der Waals surface area contributed by atoms with Crippen LogP contribution in [0, 0.1) is 6.92 Å². The molecular formula is C18H22N2O3. The number of hydrogen-bond donors (Lipinski definition) is 1. The number of benzene rings is 1. The van der Waals surface area contributed by atoms with E-state index in [1.165, 1.54) is 0 Å². The number of carbonyl (C=O) groups excluding carboxylic acids is 1. The van der Waals surface area contributed by atoms with Crippen molar-refractivity contribution in [3.05, 3.63) is 48.2 Å². The molecule has 0 unspecified atom stereocenters. The summed E-state index contributed by atoms with van der Waals surface area (Å²) in [6.45, 7) is 4.94. The highest BCUT2D eigenvalue weighted by Gasteiger charge is 2.06. The van der Waals surface area contributed by atoms with Crippen molar-refractivity contribution < 1.29 is 14.3 Å². The van der Waals surface area contributed by atoms with E-state index in [2.05, 4.69) is 10.3 Å². The van der Waals surface area contributed by atoms with E-state index >= 15 is 0 Å². The first-order valence-electron chi connectivity index (χ1n) is 7.76. The first-order valence-corrected chi connectivity index (χ1v) is 7.76. The van der Waals surface area contributed by atoms with Gasteiger partial charge < -0.3 is 14.8 Å². The molecule has 0 aliphatic carbocycles. The van der Waals surface area contributed by atoms with Crippen LogP contribution in [0.3, 0.4) is 0 Å². The SMILES string of the molecule is CCOc1ccccc1OCCCC(=O)Nc1cc(C)ccn1. The van der Waals surface area contributed by atoms with Crippen molar-refractivity contribution >= 4 is 11.7 Å². The second-order valence-electron chi connectivity index (χ2n) is 5.10. The molecule has 0 fully saturated rings. The lowest BCUT2D eigenvalue weighted by atomic mass is 10.2. The Bertz CT molecular complexity index is 644. The minimum absolute atomic E-state index is 0.0650. The predicted octanol–water partition coefficient (Wildman–Crippen LogP) is 3.59. The summed E-state index contributed by atoms with van der Waals surface area (Å²) in [6, 6.07) is 11.3. The van der Waals surface area contributed by atoms with Gasteiger partial charge in [0.1, 0.15) is 5.82 Å². The minimum Gasteiger partial charge on any atom is -0.490 e. The van der Waals surface area contributed by atoms with Crippen LogP contribution in [0.15, 0.2) is 42.6 Å². The number of amides is 1. The molecule has 0 aliphatic rings. The average molecular weight is 314 g/mol. The maximum Gasteiger partial charge on any atom is 0.225 e. The Morgan fingerprint density at radius 2 is 1.91 bits per heavy atom. The normalized spacial score (nSPS) is 10.2. The summed E-state index contributed by atoms with van der Waals surface area (Å²) in [5.41, 5.74) is 1.06. The zero-order valence-electron chi connectivity index (χ0n) is 13.5. The number of nitrogens with zero attached hydrogens (tertiary/aromatic N) is 1. The lowest BCUT2D eigenvalue weighted by Gasteiger charge is -2.11. The highest BCUT2D eigenvalue weighted by atomic mass is 16.5. The first kappa shape index (κ1) is 16.8. The number of para-hydroxylation sites is 2. The topological polar surface area (TPSA) is 60.5 Å². The highest BCUT2D eigenvalue weighted by Crippen LogP contribution is 2.26. The Kier molecular flexibility index (Phi) is 6.41. The van der Waals surface area contributed by atoms with Crippen LogP contribution in [0.1, 0.15) is 25.3 Å². The van der Waals surface area contributed by atoms with Crippen molar-refractivity contribution in [1.29, 1.82) is 0 Å². The molecule has 0 radical (unpaired) electrons. The van der Waals surface area contributed by atoms with E-state index in [1.54, 1.807) is 6.20 Å². The fourth-order valence-corrected chi connectivity index (χ4v) is 2.07. The van der Waals surface area contributed by atoms with Crippen molar-refractivity contribution in [3.8, 4) is 11.5 Å². The van der Waals surface area contributed by atoms with E-state index < -0.39 is 0 Å². The number of aryl methyl sites for hydroxylation is 1. The van der Waals surface area contributed by atoms with E-state index in [0.717, 1.165) is 11.3 Å². The van der Waals surface area contributed by atoms with Crippen molar-refractivity contribution in [1.82, 2.24) is 4.98 Å². The van der Waals surface area contributed by atoms with Gasteiger partial charge >= 0.3 is 0 Å². The number of nitrogens with one attached hydrogen (secondary N) is 1. The van der Waals surface area contributed by atoms with Crippen molar-refractivity contribution in [2.75, 3.05) is 18.5 Å². The molecule has 0 saturated heterocycles. The molecule has 122 valence electrons. The van der Waals surface area contributed by atoms with Crippen molar-refractivity contribution in [2.24, 2.45) is 0 Å². The molecule has 0 bridgehead atoms. The lowest BCUT2D eigenvalue weighted by Crippen LogP contribution is -2.13. The summed E-state index contributed by atoms with van der Waals surface area (Å²) < 4.78 is 11.2. The van der Waals surface area contributed by atoms with Crippen LogP contribution in [-0.4, -0.2) is 24.1 Å². The molecule has 5 heteroatoms. The number of carbonyl (C=O) groups is 1. The van der Waals surface area contributed by atoms with Gasteiger partial charge in [0.15, 0.2) is 11.5 Å². The van der Waals surface area contributed by atoms with Crippen LogP contribution < -0.4 is 14.8 Å². The van der Waals surface area contributed by atoms with Crippen LogP contribution in [0.4, 0.5) is 5.82 Å². The molecule has 23 heavy (non-hydrogen) atoms. The molecule has 0 aliphatic heterocycles. The number of aromatic nitrogens is 1. The van der Waals surface area contributed by atoms with Gasteiger partial charge in [-0.15, -0.1) is 0 Å². The Balaban J connectivity index is 1.74. The van der Waals surface area contributed by atoms with Crippen molar-refractivity contribution in [2.45, 2.75) is 26.7 Å². The number of anilines is 1. The molecular weight excluding hydrogens is 292 g/mol. The zero-order chi connectivity index (χ0) is 16.5. The fourth-order valence-electron chi connectivity index (χ4n) is 2.07. The Hall–Kier alpha value is -2.56. The molecule has 1 amide bonds. The maximum absolute atomic E-state index is 11.9. The van der Waals surface area contributed by atoms with E-state index in [-0.39, 0.29) is 5.91 Å². The summed E-state index contributed by atoms with van der Waals surface area (Å²) in [7, 11) is 0. The largest absolute Gasteiger partial charge is 0.490 e. The molecule has 0 spiro atoms. The van der Waals surface area contributed by atoms with Crippen LogP contribution in [0.25, 0.3) is 0 Å². The molecule has 0 saturated carbocycles. The van der Waals surface area contributed by atoms with E-state index in [4.69, 9.17) is 9.47 Å². The van der Waals surface area contributed by atoms with Crippen LogP contribution in [0.5, 0.6) is 11.5 Å². The van der Waals surface area contributed by atoms with E-state index in [9.17, 15) is 4.79 Å². The minimum atomic E-state index is -0.0650. The van der Waals surface area contributed by atoms with Gasteiger partial charge in [-0.05, 0) is 50.1 Å². The van der Waals surface area contributed by atoms with Crippen LogP contribution in [0.2, 0.25) is 0 Å². The van der Waals surface area contributed by atoms with Gasteiger partial charge in [-0.2, -0.15) is 0 Å². The molecule has 2 rings (SSSR count). The second kappa shape index (κ2) is 8.78. The van der Waals surface area contributed by atoms with Gasteiger partial charge in [0.05, 0.1) is 13.2 Å². The molecule has 2 aromatic rings. The Morgan fingerprint density at radius 3 is 2.61 bits per heavy atom. The highest BCUT2D eigenvalue weighted by molar-refractivity contribution is 5.89. The first-order chi connectivity index (χ1) is 11.2. The summed E-state index contributed by atoms with van der Waals surface area (Å²) in [6.07, 6.45) is 2.68. The summed E-state index contributed by atoms with van der Waals surface area (Å²) in [5.74, 6) is 1.95. The monoisotopic (exact) mass is 314 g/mol. The number of pyridine rings is 1. The van der Waals surface area contributed by atoms with Gasteiger partial charge in [-0.1, -0.05) is 12.1 Å². The molecule has 1 aromatic heterocycles. The lowest BCUT2D eigenvalue weighted by molar-refractivity contribution is -0.116. The smallest absolute Gasteiger partial charge is 0.225 e. The van der Waals surface area contributed by atoms with Gasteiger partial charge in [0.25, 0.3) is 0 Å². The number of rotatable bonds is 8. The Labute approximate surface area is 136 Å². The number of hydrogen-bond acceptors (Lipinski definition) is 4. The summed E-state index contributed by atoms with van der Waals surface area (Å²) in [4.78, 5) is 16.0. The number of ether oxygens (including phenoxy) is 2. The van der Waals surface area contributed by atoms with Gasteiger partial charge in [-0.3, -0.25) is 4.79 Å². The maximum atomic E-state index is 11.9. The van der Waals surface area contributed by atoms with E-state index in [1.807, 2.05) is 50.2 Å². The quantitative estimate of drug-likeness (QED) is 0.757. The predicted molar refractivity (Wildman–Crippen MR) is 89.9 cm³/mol. The van der Waals surface area contributed by atoms with Gasteiger partial charge in [0, 0.05) is 12.6 Å². The molecule has 0 atom stereocenters. The second-order valence-corrected chi connectivity index (χ2v) is 5.10. The summed E-state index contributed by atoms with van der Waals surface area (Å²) in [5, 5.41) is 2.78. The average Bonchev–Trinajstić information content (AvgIpc) is 2.53. The third kappa shape index (κ3) is 5.62. The third-order valence-electron chi connectivity index (χ3n) is 3.14. The standard InChI is InChI=1S/C18H22N2O3/c1-3-22-15-7-4-5-8-16(15)23-12-6-9-18(21)20-17-13-14(2)10-11-19-17/h4-5,7-8,10-11,13H,3,6,9,12H2,1-2H3,(H,19,20,21). The van der Waals surface area contributed by atoms with Crippen molar-refractivity contribution in [3.63, 3.8) is 0 Å². The van der Waals surface area contributed by atoms with E-state index in [0.29, 0.717) is 37.6 Å². The van der Waals surface area contributed by atoms with Crippen LogP contribution in [-0.2, 0) is 4.79 Å². The zero-order valence-corrected chi connectivity index (χ0v) is 13.5. The fraction of sp³-hybridized carbons (Fsp3) is 0.333.